The minimum Gasteiger partial charge on any atom is -0.494 e. The van der Waals surface area contributed by atoms with Crippen LogP contribution >= 0.6 is 0 Å². The molecule has 1 saturated heterocycles. The highest BCUT2D eigenvalue weighted by Gasteiger charge is 2.27. The molecule has 2 fully saturated rings. The summed E-state index contributed by atoms with van der Waals surface area (Å²) in [5.74, 6) is 2.68. The number of methoxy groups -OCH3 is 2. The number of carbonyl (C=O) groups is 1. The summed E-state index contributed by atoms with van der Waals surface area (Å²) >= 11 is 0. The van der Waals surface area contributed by atoms with Crippen molar-refractivity contribution in [1.29, 1.82) is 0 Å². The number of ether oxygens (including phenoxy) is 3. The summed E-state index contributed by atoms with van der Waals surface area (Å²) in [6.07, 6.45) is 3.45. The van der Waals surface area contributed by atoms with E-state index in [2.05, 4.69) is 17.0 Å². The fraction of sp³-hybridized carbons (Fsp3) is 0.458. The van der Waals surface area contributed by atoms with Gasteiger partial charge in [0.2, 0.25) is 0 Å². The molecule has 0 N–H and O–H groups in total. The summed E-state index contributed by atoms with van der Waals surface area (Å²) in [7, 11) is 4.94. The number of benzene rings is 1. The molecule has 2 aromatic heterocycles. The fourth-order valence-electron chi connectivity index (χ4n) is 4.36. The van der Waals surface area contributed by atoms with Crippen LogP contribution in [0.2, 0.25) is 0 Å². The second-order valence-corrected chi connectivity index (χ2v) is 8.44. The van der Waals surface area contributed by atoms with Gasteiger partial charge in [0.15, 0.2) is 0 Å². The van der Waals surface area contributed by atoms with Gasteiger partial charge >= 0.3 is 5.97 Å². The van der Waals surface area contributed by atoms with Crippen LogP contribution in [-0.2, 0) is 22.9 Å². The van der Waals surface area contributed by atoms with Gasteiger partial charge < -0.3 is 23.7 Å². The lowest BCUT2D eigenvalue weighted by Gasteiger charge is -2.28. The first-order chi connectivity index (χ1) is 15.6. The molecule has 0 radical (unpaired) electrons. The number of rotatable bonds is 6. The van der Waals surface area contributed by atoms with E-state index in [1.165, 1.54) is 20.0 Å². The zero-order valence-electron chi connectivity index (χ0n) is 18.8. The summed E-state index contributed by atoms with van der Waals surface area (Å²) in [4.78, 5) is 24.4. The highest BCUT2D eigenvalue weighted by atomic mass is 16.5. The molecule has 168 valence electrons. The third kappa shape index (κ3) is 3.79. The molecular weight excluding hydrogens is 408 g/mol. The first-order valence-electron chi connectivity index (χ1n) is 11.0. The van der Waals surface area contributed by atoms with Crippen LogP contribution in [0.1, 0.15) is 28.9 Å². The molecular formula is C24H28N4O4. The Morgan fingerprint density at radius 3 is 2.62 bits per heavy atom. The van der Waals surface area contributed by atoms with E-state index in [9.17, 15) is 4.79 Å². The van der Waals surface area contributed by atoms with Crippen LogP contribution in [0.5, 0.6) is 5.75 Å². The number of hydrogen-bond donors (Lipinski definition) is 0. The van der Waals surface area contributed by atoms with Crippen molar-refractivity contribution < 1.29 is 19.0 Å². The Kier molecular flexibility index (Phi) is 5.46. The quantitative estimate of drug-likeness (QED) is 0.549. The SMILES string of the molecule is COC(=O)c1cc(OC)c2c(c1)nc(-c1ccc(N3CCOCC3)nc1CC1CC1)n2C. The van der Waals surface area contributed by atoms with Gasteiger partial charge in [-0.25, -0.2) is 14.8 Å². The van der Waals surface area contributed by atoms with Crippen LogP contribution in [0.4, 0.5) is 5.82 Å². The highest BCUT2D eigenvalue weighted by Crippen LogP contribution is 2.37. The molecule has 0 amide bonds. The van der Waals surface area contributed by atoms with Crippen molar-refractivity contribution in [3.05, 3.63) is 35.5 Å². The molecule has 2 aliphatic rings. The van der Waals surface area contributed by atoms with Crippen LogP contribution in [0.3, 0.4) is 0 Å². The van der Waals surface area contributed by atoms with Crippen molar-refractivity contribution in [2.75, 3.05) is 45.4 Å². The lowest BCUT2D eigenvalue weighted by Crippen LogP contribution is -2.36. The number of carbonyl (C=O) groups excluding carboxylic acids is 1. The molecule has 0 unspecified atom stereocenters. The average Bonchev–Trinajstić information content (AvgIpc) is 3.59. The maximum absolute atomic E-state index is 12.1. The number of hydrogen-bond acceptors (Lipinski definition) is 7. The fourth-order valence-corrected chi connectivity index (χ4v) is 4.36. The summed E-state index contributed by atoms with van der Waals surface area (Å²) < 4.78 is 18.0. The highest BCUT2D eigenvalue weighted by molar-refractivity contribution is 5.97. The van der Waals surface area contributed by atoms with Gasteiger partial charge in [-0.1, -0.05) is 0 Å². The maximum Gasteiger partial charge on any atom is 0.338 e. The summed E-state index contributed by atoms with van der Waals surface area (Å²) in [5.41, 5.74) is 4.04. The third-order valence-electron chi connectivity index (χ3n) is 6.29. The molecule has 0 atom stereocenters. The Balaban J connectivity index is 1.62. The zero-order chi connectivity index (χ0) is 22.2. The largest absolute Gasteiger partial charge is 0.494 e. The van der Waals surface area contributed by atoms with E-state index >= 15 is 0 Å². The summed E-state index contributed by atoms with van der Waals surface area (Å²) in [6.45, 7) is 3.17. The molecule has 1 aromatic carbocycles. The van der Waals surface area contributed by atoms with Crippen molar-refractivity contribution in [2.45, 2.75) is 19.3 Å². The summed E-state index contributed by atoms with van der Waals surface area (Å²) in [6, 6.07) is 7.66. The number of aromatic nitrogens is 3. The Bertz CT molecular complexity index is 1160. The molecule has 5 rings (SSSR count). The Labute approximate surface area is 187 Å². The van der Waals surface area contributed by atoms with Gasteiger partial charge in [-0.3, -0.25) is 0 Å². The molecule has 1 saturated carbocycles. The van der Waals surface area contributed by atoms with E-state index in [4.69, 9.17) is 24.2 Å². The average molecular weight is 437 g/mol. The lowest BCUT2D eigenvalue weighted by atomic mass is 10.1. The van der Waals surface area contributed by atoms with Gasteiger partial charge in [-0.2, -0.15) is 0 Å². The van der Waals surface area contributed by atoms with Gasteiger partial charge in [0, 0.05) is 25.7 Å². The predicted octanol–water partition coefficient (Wildman–Crippen LogP) is 3.22. The van der Waals surface area contributed by atoms with E-state index < -0.39 is 5.97 Å². The third-order valence-corrected chi connectivity index (χ3v) is 6.29. The number of morpholine rings is 1. The smallest absolute Gasteiger partial charge is 0.338 e. The number of anilines is 1. The van der Waals surface area contributed by atoms with Crippen LogP contribution in [-0.4, -0.2) is 61.0 Å². The second kappa shape index (κ2) is 8.43. The zero-order valence-corrected chi connectivity index (χ0v) is 18.8. The molecule has 3 heterocycles. The maximum atomic E-state index is 12.1. The molecule has 8 nitrogen and oxygen atoms in total. The number of nitrogens with zero attached hydrogens (tertiary/aromatic N) is 4. The molecule has 0 bridgehead atoms. The van der Waals surface area contributed by atoms with Gasteiger partial charge in [-0.05, 0) is 49.4 Å². The monoisotopic (exact) mass is 436 g/mol. The van der Waals surface area contributed by atoms with Crippen LogP contribution in [0.15, 0.2) is 24.3 Å². The van der Waals surface area contributed by atoms with Crippen molar-refractivity contribution >= 4 is 22.8 Å². The number of fused-ring (bicyclic) bond motifs is 1. The van der Waals surface area contributed by atoms with E-state index in [-0.39, 0.29) is 0 Å². The molecule has 3 aromatic rings. The first kappa shape index (κ1) is 20.8. The molecule has 0 spiro atoms. The van der Waals surface area contributed by atoms with E-state index in [1.807, 2.05) is 11.6 Å². The minimum absolute atomic E-state index is 0.414. The van der Waals surface area contributed by atoms with E-state index in [0.29, 0.717) is 22.7 Å². The molecule has 32 heavy (non-hydrogen) atoms. The predicted molar refractivity (Wildman–Crippen MR) is 121 cm³/mol. The van der Waals surface area contributed by atoms with Gasteiger partial charge in [0.25, 0.3) is 0 Å². The number of imidazole rings is 1. The van der Waals surface area contributed by atoms with Crippen molar-refractivity contribution in [3.8, 4) is 17.1 Å². The number of esters is 1. The number of pyridine rings is 1. The Morgan fingerprint density at radius 1 is 1.16 bits per heavy atom. The molecule has 1 aliphatic carbocycles. The normalized spacial score (nSPS) is 16.4. The first-order valence-corrected chi connectivity index (χ1v) is 11.0. The lowest BCUT2D eigenvalue weighted by molar-refractivity contribution is 0.0600. The molecule has 8 heteroatoms. The van der Waals surface area contributed by atoms with Crippen LogP contribution in [0.25, 0.3) is 22.4 Å². The van der Waals surface area contributed by atoms with E-state index in [1.54, 1.807) is 19.2 Å². The van der Waals surface area contributed by atoms with Crippen molar-refractivity contribution in [1.82, 2.24) is 14.5 Å². The van der Waals surface area contributed by atoms with Crippen LogP contribution < -0.4 is 9.64 Å². The van der Waals surface area contributed by atoms with Gasteiger partial charge in [0.1, 0.15) is 22.9 Å². The minimum atomic E-state index is -0.414. The number of aryl methyl sites for hydroxylation is 1. The van der Waals surface area contributed by atoms with Crippen molar-refractivity contribution in [2.24, 2.45) is 13.0 Å². The van der Waals surface area contributed by atoms with E-state index in [0.717, 1.165) is 61.1 Å². The van der Waals surface area contributed by atoms with Gasteiger partial charge in [0.05, 0.1) is 44.2 Å². The molecule has 1 aliphatic heterocycles. The topological polar surface area (TPSA) is 78.7 Å². The Hall–Kier alpha value is -3.13. The van der Waals surface area contributed by atoms with Gasteiger partial charge in [-0.15, -0.1) is 0 Å². The second-order valence-electron chi connectivity index (χ2n) is 8.44. The van der Waals surface area contributed by atoms with Crippen LogP contribution in [0, 0.1) is 5.92 Å². The Morgan fingerprint density at radius 2 is 1.94 bits per heavy atom. The van der Waals surface area contributed by atoms with Crippen molar-refractivity contribution in [3.63, 3.8) is 0 Å². The summed E-state index contributed by atoms with van der Waals surface area (Å²) in [5, 5.41) is 0. The standard InChI is InChI=1S/C24H28N4O4/c1-27-22-19(13-16(24(29)31-3)14-20(22)30-2)26-23(27)17-6-7-21(28-8-10-32-11-9-28)25-18(17)12-15-4-5-15/h6-7,13-15H,4-5,8-12H2,1-3H3.